The van der Waals surface area contributed by atoms with Crippen LogP contribution in [0.25, 0.3) is 0 Å². The highest BCUT2D eigenvalue weighted by Crippen LogP contribution is 2.29. The van der Waals surface area contributed by atoms with Crippen LogP contribution in [-0.2, 0) is 14.4 Å². The van der Waals surface area contributed by atoms with Crippen LogP contribution in [0.1, 0.15) is 30.4 Å². The number of carbonyl (C=O) groups is 3. The number of aryl methyl sites for hydroxylation is 2. The second kappa shape index (κ2) is 6.36. The molecule has 1 aromatic rings. The van der Waals surface area contributed by atoms with E-state index in [0.717, 1.165) is 11.1 Å². The molecule has 2 amide bonds. The number of benzene rings is 1. The van der Waals surface area contributed by atoms with Gasteiger partial charge in [0.1, 0.15) is 0 Å². The summed E-state index contributed by atoms with van der Waals surface area (Å²) in [4.78, 5) is 39.5. The average molecular weight is 330 g/mol. The first-order valence-corrected chi connectivity index (χ1v) is 8.29. The number of hydrogen-bond donors (Lipinski definition) is 1. The second-order valence-electron chi connectivity index (χ2n) is 6.70. The zero-order valence-corrected chi connectivity index (χ0v) is 14.0. The van der Waals surface area contributed by atoms with Crippen LogP contribution in [0.3, 0.4) is 0 Å². The van der Waals surface area contributed by atoms with Crippen LogP contribution >= 0.6 is 0 Å². The Balaban J connectivity index is 1.75. The van der Waals surface area contributed by atoms with Crippen molar-refractivity contribution in [3.05, 3.63) is 29.3 Å². The lowest BCUT2D eigenvalue weighted by molar-refractivity contribution is -0.143. The summed E-state index contributed by atoms with van der Waals surface area (Å²) in [5.41, 5.74) is 2.78. The summed E-state index contributed by atoms with van der Waals surface area (Å²) < 4.78 is 0. The smallest absolute Gasteiger partial charge is 0.306 e. The molecule has 2 aliphatic rings. The van der Waals surface area contributed by atoms with E-state index in [1.807, 2.05) is 30.9 Å². The molecular formula is C18H22N2O4. The topological polar surface area (TPSA) is 77.9 Å². The molecule has 24 heavy (non-hydrogen) atoms. The van der Waals surface area contributed by atoms with Crippen molar-refractivity contribution in [3.63, 3.8) is 0 Å². The van der Waals surface area contributed by atoms with Crippen LogP contribution in [0.2, 0.25) is 0 Å². The molecule has 2 aliphatic heterocycles. The van der Waals surface area contributed by atoms with E-state index in [0.29, 0.717) is 31.6 Å². The van der Waals surface area contributed by atoms with Crippen LogP contribution in [0.5, 0.6) is 0 Å². The van der Waals surface area contributed by atoms with Gasteiger partial charge in [-0.1, -0.05) is 6.07 Å². The predicted octanol–water partition coefficient (Wildman–Crippen LogP) is 1.73. The lowest BCUT2D eigenvalue weighted by Gasteiger charge is -2.33. The van der Waals surface area contributed by atoms with Crippen molar-refractivity contribution in [2.45, 2.75) is 39.2 Å². The van der Waals surface area contributed by atoms with Crippen molar-refractivity contribution in [1.82, 2.24) is 4.90 Å². The Bertz CT molecular complexity index is 692. The van der Waals surface area contributed by atoms with E-state index in [2.05, 4.69) is 0 Å². The number of likely N-dealkylation sites (tertiary alicyclic amines) is 1. The minimum atomic E-state index is -0.778. The molecule has 128 valence electrons. The van der Waals surface area contributed by atoms with Crippen molar-refractivity contribution in [3.8, 4) is 0 Å². The maximum atomic E-state index is 12.8. The number of imide groups is 1. The lowest BCUT2D eigenvalue weighted by atomic mass is 9.96. The molecule has 1 atom stereocenters. The van der Waals surface area contributed by atoms with Gasteiger partial charge in [0.25, 0.3) is 5.91 Å². The van der Waals surface area contributed by atoms with Gasteiger partial charge in [0.05, 0.1) is 24.1 Å². The van der Waals surface area contributed by atoms with Gasteiger partial charge < -0.3 is 5.11 Å². The standard InChI is InChI=1S/C18H22N2O4/c1-11-3-4-14(9-12(11)2)20-16(21)10-15(17(20)22)19-7-5-13(6-8-19)18(23)24/h3-4,9,13,15H,5-8,10H2,1-2H3,(H,23,24). The molecule has 0 bridgehead atoms. The van der Waals surface area contributed by atoms with Crippen LogP contribution in [-0.4, -0.2) is 46.9 Å². The van der Waals surface area contributed by atoms with E-state index >= 15 is 0 Å². The third kappa shape index (κ3) is 2.94. The second-order valence-corrected chi connectivity index (χ2v) is 6.70. The molecule has 0 spiro atoms. The number of rotatable bonds is 3. The number of anilines is 1. The van der Waals surface area contributed by atoms with Crippen LogP contribution in [0.4, 0.5) is 5.69 Å². The Hall–Kier alpha value is -2.21. The number of nitrogens with zero attached hydrogens (tertiary/aromatic N) is 2. The van der Waals surface area contributed by atoms with E-state index in [-0.39, 0.29) is 24.2 Å². The highest BCUT2D eigenvalue weighted by atomic mass is 16.4. The zero-order chi connectivity index (χ0) is 17.4. The summed E-state index contributed by atoms with van der Waals surface area (Å²) in [6, 6.07) is 5.12. The van der Waals surface area contributed by atoms with Gasteiger partial charge in [-0.15, -0.1) is 0 Å². The fourth-order valence-electron chi connectivity index (χ4n) is 3.50. The molecule has 2 heterocycles. The van der Waals surface area contributed by atoms with Crippen LogP contribution in [0, 0.1) is 19.8 Å². The lowest BCUT2D eigenvalue weighted by Crippen LogP contribution is -2.46. The summed E-state index contributed by atoms with van der Waals surface area (Å²) in [5.74, 6) is -1.50. The maximum absolute atomic E-state index is 12.8. The van der Waals surface area contributed by atoms with E-state index in [1.54, 1.807) is 6.07 Å². The third-order valence-electron chi connectivity index (χ3n) is 5.19. The number of carboxylic acid groups (broad SMARTS) is 1. The van der Waals surface area contributed by atoms with Gasteiger partial charge in [0.15, 0.2) is 0 Å². The van der Waals surface area contributed by atoms with Crippen molar-refractivity contribution in [2.75, 3.05) is 18.0 Å². The SMILES string of the molecule is Cc1ccc(N2C(=O)CC(N3CCC(C(=O)O)CC3)C2=O)cc1C. The van der Waals surface area contributed by atoms with Gasteiger partial charge in [-0.2, -0.15) is 0 Å². The molecule has 1 N–H and O–H groups in total. The van der Waals surface area contributed by atoms with Crippen molar-refractivity contribution in [2.24, 2.45) is 5.92 Å². The first-order valence-electron chi connectivity index (χ1n) is 8.29. The number of carboxylic acids is 1. The van der Waals surface area contributed by atoms with Gasteiger partial charge in [0.2, 0.25) is 5.91 Å². The summed E-state index contributed by atoms with van der Waals surface area (Å²) in [6.45, 7) is 5.03. The summed E-state index contributed by atoms with van der Waals surface area (Å²) >= 11 is 0. The van der Waals surface area contributed by atoms with E-state index in [9.17, 15) is 14.4 Å². The minimum absolute atomic E-state index is 0.170. The van der Waals surface area contributed by atoms with Crippen molar-refractivity contribution < 1.29 is 19.5 Å². The molecule has 2 saturated heterocycles. The van der Waals surface area contributed by atoms with Gasteiger partial charge in [-0.25, -0.2) is 4.90 Å². The summed E-state index contributed by atoms with van der Waals surface area (Å²) in [5, 5.41) is 9.08. The number of carbonyl (C=O) groups excluding carboxylic acids is 2. The predicted molar refractivity (Wildman–Crippen MR) is 88.7 cm³/mol. The van der Waals surface area contributed by atoms with Crippen LogP contribution in [0.15, 0.2) is 18.2 Å². The molecule has 0 radical (unpaired) electrons. The Morgan fingerprint density at radius 1 is 1.12 bits per heavy atom. The van der Waals surface area contributed by atoms with Gasteiger partial charge in [-0.05, 0) is 63.0 Å². The average Bonchev–Trinajstić information content (AvgIpc) is 2.85. The fraction of sp³-hybridized carbons (Fsp3) is 0.500. The number of hydrogen-bond acceptors (Lipinski definition) is 4. The Morgan fingerprint density at radius 2 is 1.79 bits per heavy atom. The molecule has 6 nitrogen and oxygen atoms in total. The van der Waals surface area contributed by atoms with Gasteiger partial charge in [-0.3, -0.25) is 19.3 Å². The summed E-state index contributed by atoms with van der Waals surface area (Å²) in [7, 11) is 0. The third-order valence-corrected chi connectivity index (χ3v) is 5.19. The monoisotopic (exact) mass is 330 g/mol. The Kier molecular flexibility index (Phi) is 4.41. The van der Waals surface area contributed by atoms with Crippen LogP contribution < -0.4 is 4.90 Å². The first kappa shape index (κ1) is 16.6. The van der Waals surface area contributed by atoms with Gasteiger partial charge >= 0.3 is 5.97 Å². The maximum Gasteiger partial charge on any atom is 0.306 e. The van der Waals surface area contributed by atoms with E-state index in [1.165, 1.54) is 4.90 Å². The Labute approximate surface area is 141 Å². The largest absolute Gasteiger partial charge is 0.481 e. The number of piperidine rings is 1. The van der Waals surface area contributed by atoms with Crippen molar-refractivity contribution in [1.29, 1.82) is 0 Å². The highest BCUT2D eigenvalue weighted by molar-refractivity contribution is 6.22. The van der Waals surface area contributed by atoms with E-state index < -0.39 is 12.0 Å². The molecule has 0 aromatic heterocycles. The highest BCUT2D eigenvalue weighted by Gasteiger charge is 2.43. The molecule has 2 fully saturated rings. The van der Waals surface area contributed by atoms with Crippen molar-refractivity contribution >= 4 is 23.5 Å². The minimum Gasteiger partial charge on any atom is -0.481 e. The normalized spacial score (nSPS) is 23.1. The zero-order valence-electron chi connectivity index (χ0n) is 14.0. The fourth-order valence-corrected chi connectivity index (χ4v) is 3.50. The first-order chi connectivity index (χ1) is 11.4. The molecule has 1 aromatic carbocycles. The Morgan fingerprint density at radius 3 is 2.38 bits per heavy atom. The molecular weight excluding hydrogens is 308 g/mol. The quantitative estimate of drug-likeness (QED) is 0.854. The molecule has 0 saturated carbocycles. The number of amides is 2. The summed E-state index contributed by atoms with van der Waals surface area (Å²) in [6.07, 6.45) is 1.22. The molecule has 0 aliphatic carbocycles. The molecule has 1 unspecified atom stereocenters. The van der Waals surface area contributed by atoms with E-state index in [4.69, 9.17) is 5.11 Å². The molecule has 3 rings (SSSR count). The number of aliphatic carboxylic acids is 1. The van der Waals surface area contributed by atoms with Gasteiger partial charge in [0, 0.05) is 0 Å². The molecule has 6 heteroatoms.